The first-order valence-electron chi connectivity index (χ1n) is 8.20. The van der Waals surface area contributed by atoms with Crippen molar-refractivity contribution in [2.24, 2.45) is 0 Å². The lowest BCUT2D eigenvalue weighted by Crippen LogP contribution is -2.46. The summed E-state index contributed by atoms with van der Waals surface area (Å²) in [7, 11) is 0. The van der Waals surface area contributed by atoms with E-state index >= 15 is 0 Å². The molecule has 0 aliphatic carbocycles. The largest absolute Gasteiger partial charge is 0.471 e. The minimum atomic E-state index is -0.0936. The molecule has 1 N–H and O–H groups in total. The van der Waals surface area contributed by atoms with E-state index in [1.165, 1.54) is 0 Å². The molecular weight excluding hydrogens is 304 g/mol. The molecule has 0 saturated carbocycles. The number of piperidine rings is 1. The Balaban J connectivity index is 1.58. The Morgan fingerprint density at radius 2 is 2.12 bits per heavy atom. The molecule has 1 aromatic carbocycles. The van der Waals surface area contributed by atoms with Gasteiger partial charge >= 0.3 is 6.03 Å². The van der Waals surface area contributed by atoms with Gasteiger partial charge in [-0.1, -0.05) is 12.1 Å². The van der Waals surface area contributed by atoms with Gasteiger partial charge in [-0.05, 0) is 50.5 Å². The zero-order valence-corrected chi connectivity index (χ0v) is 14.0. The summed E-state index contributed by atoms with van der Waals surface area (Å²) in [5.41, 5.74) is 2.78. The van der Waals surface area contributed by atoms with Gasteiger partial charge in [-0.2, -0.15) is 5.10 Å². The number of nitrogens with zero attached hydrogens (tertiary/aromatic N) is 3. The highest BCUT2D eigenvalue weighted by Crippen LogP contribution is 2.18. The number of ether oxygens (including phenoxy) is 1. The fourth-order valence-corrected chi connectivity index (χ4v) is 2.76. The quantitative estimate of drug-likeness (QED) is 0.941. The van der Waals surface area contributed by atoms with Gasteiger partial charge in [-0.25, -0.2) is 4.79 Å². The number of amides is 2. The van der Waals surface area contributed by atoms with Gasteiger partial charge < -0.3 is 15.0 Å². The van der Waals surface area contributed by atoms with E-state index in [1.54, 1.807) is 4.90 Å². The topological polar surface area (TPSA) is 67.4 Å². The standard InChI is InChI=1S/C18H22N4O2/c1-13-5-3-6-15(11-13)19-18(23)22-10-4-7-16(12-22)24-17-9-8-14(2)20-21-17/h3,5-6,8-9,11,16H,4,7,10,12H2,1-2H3,(H,19,23). The molecule has 126 valence electrons. The highest BCUT2D eigenvalue weighted by atomic mass is 16.5. The van der Waals surface area contributed by atoms with Crippen molar-refractivity contribution in [3.63, 3.8) is 0 Å². The molecule has 1 unspecified atom stereocenters. The molecule has 24 heavy (non-hydrogen) atoms. The lowest BCUT2D eigenvalue weighted by molar-refractivity contribution is 0.102. The molecule has 1 atom stereocenters. The maximum atomic E-state index is 12.5. The van der Waals surface area contributed by atoms with Crippen molar-refractivity contribution in [3.05, 3.63) is 47.7 Å². The molecule has 6 nitrogen and oxygen atoms in total. The van der Waals surface area contributed by atoms with Gasteiger partial charge in [0.1, 0.15) is 6.10 Å². The van der Waals surface area contributed by atoms with E-state index < -0.39 is 0 Å². The van der Waals surface area contributed by atoms with Crippen LogP contribution in [0.5, 0.6) is 5.88 Å². The molecule has 1 aliphatic heterocycles. The smallest absolute Gasteiger partial charge is 0.321 e. The Bertz CT molecular complexity index is 702. The van der Waals surface area contributed by atoms with Crippen molar-refractivity contribution in [3.8, 4) is 5.88 Å². The summed E-state index contributed by atoms with van der Waals surface area (Å²) in [6, 6.07) is 11.4. The van der Waals surface area contributed by atoms with Gasteiger partial charge in [-0.3, -0.25) is 0 Å². The number of benzene rings is 1. The molecular formula is C18H22N4O2. The molecule has 1 saturated heterocycles. The minimum Gasteiger partial charge on any atom is -0.471 e. The number of carbonyl (C=O) groups excluding carboxylic acids is 1. The van der Waals surface area contributed by atoms with E-state index in [0.29, 0.717) is 12.4 Å². The average molecular weight is 326 g/mol. The van der Waals surface area contributed by atoms with Gasteiger partial charge in [0, 0.05) is 18.3 Å². The van der Waals surface area contributed by atoms with E-state index in [4.69, 9.17) is 4.74 Å². The molecule has 0 radical (unpaired) electrons. The van der Waals surface area contributed by atoms with Gasteiger partial charge in [0.05, 0.1) is 12.2 Å². The Kier molecular flexibility index (Phi) is 4.93. The van der Waals surface area contributed by atoms with Gasteiger partial charge in [0.2, 0.25) is 5.88 Å². The SMILES string of the molecule is Cc1cccc(NC(=O)N2CCCC(Oc3ccc(C)nn3)C2)c1. The zero-order valence-electron chi connectivity index (χ0n) is 14.0. The van der Waals surface area contributed by atoms with E-state index in [1.807, 2.05) is 50.2 Å². The van der Waals surface area contributed by atoms with Crippen molar-refractivity contribution < 1.29 is 9.53 Å². The van der Waals surface area contributed by atoms with Crippen molar-refractivity contribution in [1.82, 2.24) is 15.1 Å². The van der Waals surface area contributed by atoms with Crippen LogP contribution in [0.3, 0.4) is 0 Å². The van der Waals surface area contributed by atoms with Crippen LogP contribution in [0.4, 0.5) is 10.5 Å². The molecule has 0 spiro atoms. The van der Waals surface area contributed by atoms with E-state index in [0.717, 1.165) is 36.3 Å². The van der Waals surface area contributed by atoms with Crippen LogP contribution in [-0.4, -0.2) is 40.3 Å². The number of hydrogen-bond acceptors (Lipinski definition) is 4. The second-order valence-corrected chi connectivity index (χ2v) is 6.14. The van der Waals surface area contributed by atoms with E-state index in [9.17, 15) is 4.79 Å². The number of aryl methyl sites for hydroxylation is 2. The highest BCUT2D eigenvalue weighted by molar-refractivity contribution is 5.89. The second-order valence-electron chi connectivity index (χ2n) is 6.14. The molecule has 0 bridgehead atoms. The summed E-state index contributed by atoms with van der Waals surface area (Å²) in [6.07, 6.45) is 1.76. The third-order valence-corrected chi connectivity index (χ3v) is 4.00. The maximum absolute atomic E-state index is 12.5. The van der Waals surface area contributed by atoms with Gasteiger partial charge in [0.25, 0.3) is 0 Å². The molecule has 3 rings (SSSR count). The summed E-state index contributed by atoms with van der Waals surface area (Å²) >= 11 is 0. The predicted octanol–water partition coefficient (Wildman–Crippen LogP) is 3.17. The third kappa shape index (κ3) is 4.22. The fraction of sp³-hybridized carbons (Fsp3) is 0.389. The van der Waals surface area contributed by atoms with Crippen molar-refractivity contribution >= 4 is 11.7 Å². The summed E-state index contributed by atoms with van der Waals surface area (Å²) in [4.78, 5) is 14.2. The average Bonchev–Trinajstić information content (AvgIpc) is 2.57. The van der Waals surface area contributed by atoms with Crippen LogP contribution >= 0.6 is 0 Å². The van der Waals surface area contributed by atoms with Crippen LogP contribution in [0.1, 0.15) is 24.1 Å². The minimum absolute atomic E-state index is 0.0565. The number of rotatable bonds is 3. The number of urea groups is 1. The third-order valence-electron chi connectivity index (χ3n) is 4.00. The summed E-state index contributed by atoms with van der Waals surface area (Å²) < 4.78 is 5.86. The maximum Gasteiger partial charge on any atom is 0.321 e. The molecule has 1 aromatic heterocycles. The van der Waals surface area contributed by atoms with Crippen molar-refractivity contribution in [2.75, 3.05) is 18.4 Å². The number of nitrogens with one attached hydrogen (secondary N) is 1. The molecule has 2 amide bonds. The van der Waals surface area contributed by atoms with Crippen LogP contribution in [0, 0.1) is 13.8 Å². The lowest BCUT2D eigenvalue weighted by Gasteiger charge is -2.32. The van der Waals surface area contributed by atoms with E-state index in [-0.39, 0.29) is 12.1 Å². The van der Waals surface area contributed by atoms with Crippen LogP contribution in [0.2, 0.25) is 0 Å². The number of anilines is 1. The summed E-state index contributed by atoms with van der Waals surface area (Å²) in [5.74, 6) is 0.506. The van der Waals surface area contributed by atoms with Crippen LogP contribution in [-0.2, 0) is 0 Å². The number of hydrogen-bond donors (Lipinski definition) is 1. The lowest BCUT2D eigenvalue weighted by atomic mass is 10.1. The van der Waals surface area contributed by atoms with Gasteiger partial charge in [-0.15, -0.1) is 5.10 Å². The summed E-state index contributed by atoms with van der Waals surface area (Å²) in [5, 5.41) is 11.0. The van der Waals surface area contributed by atoms with Crippen LogP contribution < -0.4 is 10.1 Å². The monoisotopic (exact) mass is 326 g/mol. The summed E-state index contributed by atoms with van der Waals surface area (Å²) in [6.45, 7) is 5.17. The first-order valence-corrected chi connectivity index (χ1v) is 8.20. The Hall–Kier alpha value is -2.63. The number of likely N-dealkylation sites (tertiary alicyclic amines) is 1. The number of aromatic nitrogens is 2. The molecule has 2 aromatic rings. The fourth-order valence-electron chi connectivity index (χ4n) is 2.76. The molecule has 6 heteroatoms. The van der Waals surface area contributed by atoms with Crippen LogP contribution in [0.15, 0.2) is 36.4 Å². The van der Waals surface area contributed by atoms with Gasteiger partial charge in [0.15, 0.2) is 0 Å². The van der Waals surface area contributed by atoms with E-state index in [2.05, 4.69) is 15.5 Å². The Morgan fingerprint density at radius 3 is 2.88 bits per heavy atom. The highest BCUT2D eigenvalue weighted by Gasteiger charge is 2.25. The predicted molar refractivity (Wildman–Crippen MR) is 92.2 cm³/mol. The molecule has 1 aliphatic rings. The van der Waals surface area contributed by atoms with Crippen molar-refractivity contribution in [2.45, 2.75) is 32.8 Å². The normalized spacial score (nSPS) is 17.4. The molecule has 1 fully saturated rings. The Morgan fingerprint density at radius 1 is 1.25 bits per heavy atom. The van der Waals surface area contributed by atoms with Crippen LogP contribution in [0.25, 0.3) is 0 Å². The Labute approximate surface area is 141 Å². The number of carbonyl (C=O) groups is 1. The second kappa shape index (κ2) is 7.29. The molecule has 2 heterocycles. The zero-order chi connectivity index (χ0) is 16.9. The first kappa shape index (κ1) is 16.2. The van der Waals surface area contributed by atoms with Crippen molar-refractivity contribution in [1.29, 1.82) is 0 Å². The first-order chi connectivity index (χ1) is 11.6.